The molecule has 2 heterocycles. The molecule has 0 saturated carbocycles. The Balaban J connectivity index is 1.81. The van der Waals surface area contributed by atoms with Gasteiger partial charge in [-0.25, -0.2) is 4.98 Å². The zero-order chi connectivity index (χ0) is 10.7. The predicted octanol–water partition coefficient (Wildman–Crippen LogP) is 1.34. The molecule has 1 saturated heterocycles. The summed E-state index contributed by atoms with van der Waals surface area (Å²) in [6.45, 7) is 2.27. The number of nitrogens with two attached hydrogens (primary N) is 1. The zero-order valence-electron chi connectivity index (χ0n) is 9.39. The molecule has 1 aromatic heterocycles. The molecular formula is C11H20N4. The molecule has 0 bridgehead atoms. The summed E-state index contributed by atoms with van der Waals surface area (Å²) < 4.78 is 2.08. The van der Waals surface area contributed by atoms with Crippen LogP contribution in [-0.2, 0) is 6.54 Å². The molecule has 0 radical (unpaired) electrons. The average Bonchev–Trinajstić information content (AvgIpc) is 2.63. The first-order valence-electron chi connectivity index (χ1n) is 5.73. The Hall–Kier alpha value is -1.03. The van der Waals surface area contributed by atoms with Gasteiger partial charge in [-0.05, 0) is 32.9 Å². The molecular weight excluding hydrogens is 188 g/mol. The fraction of sp³-hybridized carbons (Fsp3) is 0.727. The van der Waals surface area contributed by atoms with Crippen molar-refractivity contribution in [3.63, 3.8) is 0 Å². The minimum absolute atomic E-state index is 0.618. The molecule has 1 unspecified atom stereocenters. The standard InChI is InChI=1S/C11H20N4/c1-14-6-3-2-4-10(14)5-7-15-8-11(12)13-9-15/h8-10H,2-7,12H2,1H3. The minimum Gasteiger partial charge on any atom is -0.382 e. The van der Waals surface area contributed by atoms with Gasteiger partial charge in [0.25, 0.3) is 0 Å². The number of nitrogen functional groups attached to an aromatic ring is 1. The summed E-state index contributed by atoms with van der Waals surface area (Å²) in [5.74, 6) is 0.618. The van der Waals surface area contributed by atoms with E-state index in [-0.39, 0.29) is 0 Å². The molecule has 1 atom stereocenters. The second-order valence-electron chi connectivity index (χ2n) is 4.46. The first-order valence-corrected chi connectivity index (χ1v) is 5.73. The number of hydrogen-bond acceptors (Lipinski definition) is 3. The van der Waals surface area contributed by atoms with Crippen LogP contribution in [0.25, 0.3) is 0 Å². The lowest BCUT2D eigenvalue weighted by Crippen LogP contribution is -2.36. The van der Waals surface area contributed by atoms with Crippen LogP contribution in [0.3, 0.4) is 0 Å². The van der Waals surface area contributed by atoms with E-state index in [0.717, 1.165) is 12.6 Å². The molecule has 1 fully saturated rings. The van der Waals surface area contributed by atoms with E-state index < -0.39 is 0 Å². The van der Waals surface area contributed by atoms with Gasteiger partial charge in [0, 0.05) is 18.8 Å². The maximum Gasteiger partial charge on any atom is 0.141 e. The molecule has 4 heteroatoms. The third kappa shape index (κ3) is 2.72. The van der Waals surface area contributed by atoms with Crippen LogP contribution in [0.1, 0.15) is 25.7 Å². The second-order valence-corrected chi connectivity index (χ2v) is 4.46. The van der Waals surface area contributed by atoms with Crippen molar-refractivity contribution in [2.24, 2.45) is 0 Å². The number of nitrogens with zero attached hydrogens (tertiary/aromatic N) is 3. The number of hydrogen-bond donors (Lipinski definition) is 1. The fourth-order valence-electron chi connectivity index (χ4n) is 2.31. The zero-order valence-corrected chi connectivity index (χ0v) is 9.39. The summed E-state index contributed by atoms with van der Waals surface area (Å²) in [6, 6.07) is 0.738. The van der Waals surface area contributed by atoms with Crippen molar-refractivity contribution in [1.82, 2.24) is 14.5 Å². The topological polar surface area (TPSA) is 47.1 Å². The molecule has 0 aromatic carbocycles. The third-order valence-corrected chi connectivity index (χ3v) is 3.30. The molecule has 4 nitrogen and oxygen atoms in total. The van der Waals surface area contributed by atoms with Crippen LogP contribution in [0.5, 0.6) is 0 Å². The van der Waals surface area contributed by atoms with Crippen molar-refractivity contribution in [3.05, 3.63) is 12.5 Å². The van der Waals surface area contributed by atoms with Gasteiger partial charge < -0.3 is 15.2 Å². The van der Waals surface area contributed by atoms with Crippen LogP contribution in [0.15, 0.2) is 12.5 Å². The highest BCUT2D eigenvalue weighted by Crippen LogP contribution is 2.18. The fourth-order valence-corrected chi connectivity index (χ4v) is 2.31. The Morgan fingerprint density at radius 3 is 3.07 bits per heavy atom. The van der Waals surface area contributed by atoms with Gasteiger partial charge in [0.15, 0.2) is 0 Å². The van der Waals surface area contributed by atoms with Crippen molar-refractivity contribution in [2.45, 2.75) is 38.3 Å². The van der Waals surface area contributed by atoms with E-state index in [9.17, 15) is 0 Å². The van der Waals surface area contributed by atoms with E-state index in [2.05, 4.69) is 21.5 Å². The first kappa shape index (κ1) is 10.5. The van der Waals surface area contributed by atoms with Crippen molar-refractivity contribution in [2.75, 3.05) is 19.3 Å². The Morgan fingerprint density at radius 2 is 2.40 bits per heavy atom. The second kappa shape index (κ2) is 4.66. The van der Waals surface area contributed by atoms with Gasteiger partial charge in [0.2, 0.25) is 0 Å². The highest BCUT2D eigenvalue weighted by atomic mass is 15.1. The van der Waals surface area contributed by atoms with Crippen molar-refractivity contribution in [3.8, 4) is 0 Å². The van der Waals surface area contributed by atoms with Gasteiger partial charge in [-0.1, -0.05) is 6.42 Å². The Labute approximate surface area is 91.1 Å². The molecule has 1 aliphatic rings. The van der Waals surface area contributed by atoms with Crippen LogP contribution in [-0.4, -0.2) is 34.1 Å². The van der Waals surface area contributed by atoms with E-state index in [1.807, 2.05) is 12.5 Å². The first-order chi connectivity index (χ1) is 7.25. The van der Waals surface area contributed by atoms with Gasteiger partial charge in [-0.3, -0.25) is 0 Å². The largest absolute Gasteiger partial charge is 0.382 e. The molecule has 84 valence electrons. The van der Waals surface area contributed by atoms with Crippen LogP contribution in [0, 0.1) is 0 Å². The predicted molar refractivity (Wildman–Crippen MR) is 61.5 cm³/mol. The number of anilines is 1. The number of likely N-dealkylation sites (tertiary alicyclic amines) is 1. The summed E-state index contributed by atoms with van der Waals surface area (Å²) in [5, 5.41) is 0. The van der Waals surface area contributed by atoms with Gasteiger partial charge in [0.1, 0.15) is 5.82 Å². The van der Waals surface area contributed by atoms with Crippen LogP contribution < -0.4 is 5.73 Å². The summed E-state index contributed by atoms with van der Waals surface area (Å²) in [4.78, 5) is 6.50. The molecule has 1 aliphatic heterocycles. The maximum absolute atomic E-state index is 5.57. The van der Waals surface area contributed by atoms with Crippen molar-refractivity contribution < 1.29 is 0 Å². The Bertz CT molecular complexity index is 307. The highest BCUT2D eigenvalue weighted by molar-refractivity contribution is 5.22. The molecule has 0 amide bonds. The van der Waals surface area contributed by atoms with Crippen LogP contribution in [0.2, 0.25) is 0 Å². The third-order valence-electron chi connectivity index (χ3n) is 3.30. The normalized spacial score (nSPS) is 23.1. The smallest absolute Gasteiger partial charge is 0.141 e. The van der Waals surface area contributed by atoms with E-state index in [1.54, 1.807) is 0 Å². The van der Waals surface area contributed by atoms with Gasteiger partial charge in [0.05, 0.1) is 6.33 Å². The number of rotatable bonds is 3. The lowest BCUT2D eigenvalue weighted by Gasteiger charge is -2.32. The minimum atomic E-state index is 0.618. The maximum atomic E-state index is 5.57. The van der Waals surface area contributed by atoms with E-state index >= 15 is 0 Å². The lowest BCUT2D eigenvalue weighted by atomic mass is 10.0. The summed E-state index contributed by atoms with van der Waals surface area (Å²) in [6.07, 6.45) is 8.99. The Kier molecular flexibility index (Phi) is 3.26. The average molecular weight is 208 g/mol. The molecule has 1 aromatic rings. The summed E-state index contributed by atoms with van der Waals surface area (Å²) >= 11 is 0. The van der Waals surface area contributed by atoms with Crippen molar-refractivity contribution >= 4 is 5.82 Å². The van der Waals surface area contributed by atoms with Gasteiger partial charge in [-0.2, -0.15) is 0 Å². The Morgan fingerprint density at radius 1 is 1.53 bits per heavy atom. The molecule has 2 N–H and O–H groups in total. The van der Waals surface area contributed by atoms with Crippen molar-refractivity contribution in [1.29, 1.82) is 0 Å². The number of aryl methyl sites for hydroxylation is 1. The summed E-state index contributed by atoms with van der Waals surface area (Å²) in [7, 11) is 2.23. The number of imidazole rings is 1. The molecule has 2 rings (SSSR count). The van der Waals surface area contributed by atoms with Crippen LogP contribution >= 0.6 is 0 Å². The quantitative estimate of drug-likeness (QED) is 0.815. The molecule has 0 aliphatic carbocycles. The van der Waals surface area contributed by atoms with Crippen LogP contribution in [0.4, 0.5) is 5.82 Å². The van der Waals surface area contributed by atoms with E-state index in [0.29, 0.717) is 5.82 Å². The summed E-state index contributed by atoms with van der Waals surface area (Å²) in [5.41, 5.74) is 5.57. The molecule has 0 spiro atoms. The van der Waals surface area contributed by atoms with E-state index in [4.69, 9.17) is 5.73 Å². The number of piperidine rings is 1. The monoisotopic (exact) mass is 208 g/mol. The lowest BCUT2D eigenvalue weighted by molar-refractivity contribution is 0.171. The van der Waals surface area contributed by atoms with Gasteiger partial charge >= 0.3 is 0 Å². The molecule has 15 heavy (non-hydrogen) atoms. The highest BCUT2D eigenvalue weighted by Gasteiger charge is 2.18. The van der Waals surface area contributed by atoms with Gasteiger partial charge in [-0.15, -0.1) is 0 Å². The number of aromatic nitrogens is 2. The SMILES string of the molecule is CN1CCCCC1CCn1cnc(N)c1. The van der Waals surface area contributed by atoms with E-state index in [1.165, 1.54) is 32.2 Å².